The fraction of sp³-hybridized carbons (Fsp3) is 0.333. The van der Waals surface area contributed by atoms with Crippen LogP contribution in [0.1, 0.15) is 90.1 Å². The lowest BCUT2D eigenvalue weighted by Crippen LogP contribution is -2.56. The molecule has 4 aliphatic rings. The van der Waals surface area contributed by atoms with Crippen LogP contribution in [0.15, 0.2) is 127 Å². The van der Waals surface area contributed by atoms with Crippen LogP contribution in [0.4, 0.5) is 16.2 Å². The minimum atomic E-state index is -2.04. The number of imide groups is 1. The standard InChI is InChI=1S/C54H52N4O11/c59-31-13-10-14-36-21-28-44-43(34-36)54(52(63)56(44)53(64)68-35-37-19-24-41(25-20-37)58(65)66)45(50(61)55-29-11-2-1-3-12-30-55)47-51(62)69-48(39-17-8-5-9-18-39)46(38-15-6-4-7-16-38)57(47)49(54)40-22-26-42(27-23-40)67-33-32-60/h4-9,15-28,34,45-49,59-60H,1-3,11-13,29-33,35H2. The molecule has 3 saturated heterocycles. The van der Waals surface area contributed by atoms with Crippen molar-refractivity contribution in [3.05, 3.63) is 171 Å². The molecular weight excluding hydrogens is 881 g/mol. The van der Waals surface area contributed by atoms with Crippen molar-refractivity contribution in [3.63, 3.8) is 0 Å². The molecule has 15 nitrogen and oxygen atoms in total. The molecule has 354 valence electrons. The van der Waals surface area contributed by atoms with E-state index in [1.807, 2.05) is 65.6 Å². The molecule has 0 bridgehead atoms. The van der Waals surface area contributed by atoms with E-state index in [9.17, 15) is 25.1 Å². The summed E-state index contributed by atoms with van der Waals surface area (Å²) in [6.07, 6.45) is 2.40. The van der Waals surface area contributed by atoms with Crippen molar-refractivity contribution >= 4 is 35.3 Å². The van der Waals surface area contributed by atoms with Crippen LogP contribution in [-0.2, 0) is 35.9 Å². The van der Waals surface area contributed by atoms with Crippen molar-refractivity contribution in [2.24, 2.45) is 5.92 Å². The van der Waals surface area contributed by atoms with Crippen LogP contribution < -0.4 is 9.64 Å². The molecule has 5 aromatic rings. The Hall–Kier alpha value is -7.38. The van der Waals surface area contributed by atoms with Crippen molar-refractivity contribution in [2.45, 2.75) is 74.8 Å². The van der Waals surface area contributed by atoms with Gasteiger partial charge >= 0.3 is 12.1 Å². The van der Waals surface area contributed by atoms with E-state index in [1.165, 1.54) is 24.3 Å². The molecule has 69 heavy (non-hydrogen) atoms. The summed E-state index contributed by atoms with van der Waals surface area (Å²) in [5, 5.41) is 30.7. The quantitative estimate of drug-likeness (QED) is 0.0576. The van der Waals surface area contributed by atoms with E-state index in [2.05, 4.69) is 11.8 Å². The zero-order valence-corrected chi connectivity index (χ0v) is 37.9. The second kappa shape index (κ2) is 20.5. The first kappa shape index (κ1) is 46.7. The van der Waals surface area contributed by atoms with Gasteiger partial charge in [0.25, 0.3) is 5.69 Å². The third-order valence-corrected chi connectivity index (χ3v) is 13.6. The number of rotatable bonds is 11. The van der Waals surface area contributed by atoms with Crippen LogP contribution in [0.2, 0.25) is 0 Å². The molecule has 3 fully saturated rings. The zero-order chi connectivity index (χ0) is 48.1. The smallest absolute Gasteiger partial charge is 0.421 e. The Labute approximate surface area is 399 Å². The average molecular weight is 933 g/mol. The predicted molar refractivity (Wildman–Crippen MR) is 252 cm³/mol. The van der Waals surface area contributed by atoms with Crippen LogP contribution in [0.3, 0.4) is 0 Å². The van der Waals surface area contributed by atoms with Gasteiger partial charge in [-0.3, -0.25) is 29.4 Å². The lowest BCUT2D eigenvalue weighted by atomic mass is 9.64. The number of ether oxygens (including phenoxy) is 3. The summed E-state index contributed by atoms with van der Waals surface area (Å²) in [6, 6.07) is 33.0. The monoisotopic (exact) mass is 932 g/mol. The topological polar surface area (TPSA) is 189 Å². The molecule has 0 aliphatic carbocycles. The number of carbonyl (C=O) groups is 4. The molecule has 0 saturated carbocycles. The van der Waals surface area contributed by atoms with Crippen LogP contribution in [0.25, 0.3) is 0 Å². The lowest BCUT2D eigenvalue weighted by Gasteiger charge is -2.46. The van der Waals surface area contributed by atoms with Crippen molar-refractivity contribution in [3.8, 4) is 17.6 Å². The highest BCUT2D eigenvalue weighted by molar-refractivity contribution is 6.23. The number of nitro groups is 1. The number of cyclic esters (lactones) is 1. The van der Waals surface area contributed by atoms with E-state index in [4.69, 9.17) is 14.2 Å². The Kier molecular flexibility index (Phi) is 13.9. The first-order valence-corrected chi connectivity index (χ1v) is 23.4. The second-order valence-corrected chi connectivity index (χ2v) is 17.6. The van der Waals surface area contributed by atoms with Crippen LogP contribution >= 0.6 is 0 Å². The van der Waals surface area contributed by atoms with Gasteiger partial charge in [-0.15, -0.1) is 0 Å². The third-order valence-electron chi connectivity index (χ3n) is 13.6. The van der Waals surface area contributed by atoms with Crippen molar-refractivity contribution < 1.29 is 48.5 Å². The van der Waals surface area contributed by atoms with Crippen molar-refractivity contribution in [1.82, 2.24) is 9.80 Å². The van der Waals surface area contributed by atoms with Gasteiger partial charge in [0.05, 0.1) is 41.8 Å². The summed E-state index contributed by atoms with van der Waals surface area (Å²) in [4.78, 5) is 78.6. The highest BCUT2D eigenvalue weighted by Crippen LogP contribution is 2.66. The number of carbonyl (C=O) groups excluding carboxylic acids is 4. The van der Waals surface area contributed by atoms with Gasteiger partial charge in [-0.2, -0.15) is 0 Å². The van der Waals surface area contributed by atoms with Gasteiger partial charge in [-0.25, -0.2) is 9.69 Å². The van der Waals surface area contributed by atoms with Crippen molar-refractivity contribution in [2.75, 3.05) is 37.8 Å². The number of amides is 3. The molecule has 0 aromatic heterocycles. The molecule has 0 radical (unpaired) electrons. The SMILES string of the molecule is O=C1OC(c2ccccc2)C(c2ccccc2)N2C1C(C(=O)N1CCCCCCC1)C1(C(=O)N(C(=O)OCc3ccc([N+](=O)[O-])cc3)c3ccc(C#CCCO)cc31)C2c1ccc(OCCO)cc1. The molecular formula is C54H52N4O11. The Morgan fingerprint density at radius 2 is 1.45 bits per heavy atom. The number of morpholine rings is 1. The van der Waals surface area contributed by atoms with Gasteiger partial charge < -0.3 is 29.3 Å². The summed E-state index contributed by atoms with van der Waals surface area (Å²) in [5.41, 5.74) is 1.05. The number of fused-ring (bicyclic) bond motifs is 3. The lowest BCUT2D eigenvalue weighted by molar-refractivity contribution is -0.384. The summed E-state index contributed by atoms with van der Waals surface area (Å²) in [7, 11) is 0. The van der Waals surface area contributed by atoms with Gasteiger partial charge in [0.2, 0.25) is 11.8 Å². The van der Waals surface area contributed by atoms with Crippen LogP contribution in [0, 0.1) is 27.9 Å². The Balaban J connectivity index is 1.31. The van der Waals surface area contributed by atoms with Gasteiger partial charge in [0.15, 0.2) is 0 Å². The third kappa shape index (κ3) is 8.83. The number of hydrogen-bond acceptors (Lipinski definition) is 12. The Morgan fingerprint density at radius 1 is 0.783 bits per heavy atom. The fourth-order valence-corrected chi connectivity index (χ4v) is 10.7. The van der Waals surface area contributed by atoms with Gasteiger partial charge in [-0.1, -0.05) is 104 Å². The second-order valence-electron chi connectivity index (χ2n) is 17.6. The number of nitrogens with zero attached hydrogens (tertiary/aromatic N) is 4. The largest absolute Gasteiger partial charge is 0.491 e. The zero-order valence-electron chi connectivity index (χ0n) is 37.9. The normalized spacial score (nSPS) is 23.2. The maximum absolute atomic E-state index is 16.6. The molecule has 1 spiro atoms. The number of hydrogen-bond donors (Lipinski definition) is 2. The summed E-state index contributed by atoms with van der Waals surface area (Å²) in [5.74, 6) is 3.08. The number of esters is 1. The maximum atomic E-state index is 16.6. The first-order chi connectivity index (χ1) is 33.7. The highest BCUT2D eigenvalue weighted by atomic mass is 16.6. The van der Waals surface area contributed by atoms with E-state index in [0.29, 0.717) is 53.9 Å². The fourth-order valence-electron chi connectivity index (χ4n) is 10.7. The molecule has 3 amide bonds. The predicted octanol–water partition coefficient (Wildman–Crippen LogP) is 7.49. The minimum absolute atomic E-state index is 0.0247. The van der Waals surface area contributed by atoms with Gasteiger partial charge in [0.1, 0.15) is 36.5 Å². The summed E-state index contributed by atoms with van der Waals surface area (Å²) in [6.45, 7) is 0.0329. The molecule has 6 atom stereocenters. The summed E-state index contributed by atoms with van der Waals surface area (Å²) < 4.78 is 18.3. The molecule has 6 unspecified atom stereocenters. The number of aliphatic hydroxyl groups excluding tert-OH is 2. The molecule has 4 aliphatic heterocycles. The van der Waals surface area contributed by atoms with E-state index in [-0.39, 0.29) is 49.8 Å². The van der Waals surface area contributed by atoms with E-state index in [0.717, 1.165) is 29.7 Å². The Morgan fingerprint density at radius 3 is 2.10 bits per heavy atom. The highest BCUT2D eigenvalue weighted by Gasteiger charge is 2.76. The number of nitro benzene ring substituents is 1. The van der Waals surface area contributed by atoms with E-state index >= 15 is 14.4 Å². The van der Waals surface area contributed by atoms with E-state index < -0.39 is 64.4 Å². The number of aliphatic hydroxyl groups is 2. The molecule has 9 rings (SSSR count). The Bertz CT molecular complexity index is 2750. The number of non-ortho nitro benzene ring substituents is 1. The van der Waals surface area contributed by atoms with E-state index in [1.54, 1.807) is 47.4 Å². The molecule has 15 heteroatoms. The van der Waals surface area contributed by atoms with Crippen LogP contribution in [-0.4, -0.2) is 87.8 Å². The maximum Gasteiger partial charge on any atom is 0.421 e. The number of likely N-dealkylation sites (tertiary alicyclic amines) is 1. The molecule has 5 aromatic carbocycles. The molecule has 4 heterocycles. The number of anilines is 1. The minimum Gasteiger partial charge on any atom is -0.491 e. The number of benzene rings is 5. The summed E-state index contributed by atoms with van der Waals surface area (Å²) >= 11 is 0. The average Bonchev–Trinajstić information content (AvgIpc) is 3.82. The molecule has 2 N–H and O–H groups in total. The van der Waals surface area contributed by atoms with Gasteiger partial charge in [-0.05, 0) is 83.1 Å². The van der Waals surface area contributed by atoms with Crippen molar-refractivity contribution in [1.29, 1.82) is 0 Å². The van der Waals surface area contributed by atoms with Gasteiger partial charge in [0, 0.05) is 37.2 Å². The first-order valence-electron chi connectivity index (χ1n) is 23.4. The van der Waals surface area contributed by atoms with Crippen LogP contribution in [0.5, 0.6) is 5.75 Å².